The normalized spacial score (nSPS) is 7.56. The standard InChI is InChI=1S/C6H6.C4H8O2.CHCl3.CH4O/c1-2-4-6-5-3-1;1-3-6-4(2)5;2-1(3)4;1-2/h1-6H;3H2,1-2H3;1H;2H,1H3. The van der Waals surface area contributed by atoms with Crippen molar-refractivity contribution in [3.63, 3.8) is 0 Å². The van der Waals surface area contributed by atoms with Crippen molar-refractivity contribution >= 4 is 40.8 Å². The first kappa shape index (κ1) is 22.7. The van der Waals surface area contributed by atoms with Crippen molar-refractivity contribution in [2.75, 3.05) is 13.7 Å². The Hall–Kier alpha value is -0.480. The van der Waals surface area contributed by atoms with E-state index in [-0.39, 0.29) is 5.97 Å². The second-order valence-electron chi connectivity index (χ2n) is 2.33. The molecule has 3 nitrogen and oxygen atoms in total. The lowest BCUT2D eigenvalue weighted by molar-refractivity contribution is -0.140. The third-order valence-electron chi connectivity index (χ3n) is 1.01. The number of alkyl halides is 3. The Morgan fingerprint density at radius 2 is 1.28 bits per heavy atom. The Kier molecular flexibility index (Phi) is 27.4. The number of hydrogen-bond acceptors (Lipinski definition) is 3. The molecule has 0 aliphatic carbocycles. The number of ether oxygens (including phenoxy) is 1. The molecule has 0 atom stereocenters. The third kappa shape index (κ3) is 45.1. The van der Waals surface area contributed by atoms with Crippen LogP contribution in [0.2, 0.25) is 0 Å². The molecule has 0 unspecified atom stereocenters. The molecule has 0 saturated carbocycles. The fourth-order valence-corrected chi connectivity index (χ4v) is 0.588. The van der Waals surface area contributed by atoms with E-state index < -0.39 is 4.30 Å². The molecule has 6 heteroatoms. The highest BCUT2D eigenvalue weighted by Gasteiger charge is 1.81. The largest absolute Gasteiger partial charge is 0.466 e. The van der Waals surface area contributed by atoms with E-state index in [1.807, 2.05) is 36.4 Å². The van der Waals surface area contributed by atoms with E-state index in [0.717, 1.165) is 7.11 Å². The second kappa shape index (κ2) is 21.8. The number of halogens is 3. The van der Waals surface area contributed by atoms with Gasteiger partial charge in [0.15, 0.2) is 4.30 Å². The van der Waals surface area contributed by atoms with Crippen LogP contribution in [0.1, 0.15) is 13.8 Å². The molecule has 0 fully saturated rings. The quantitative estimate of drug-likeness (QED) is 0.632. The highest BCUT2D eigenvalue weighted by atomic mass is 35.6. The van der Waals surface area contributed by atoms with Crippen LogP contribution >= 0.6 is 34.8 Å². The Bertz CT molecular complexity index is 214. The predicted molar refractivity (Wildman–Crippen MR) is 78.2 cm³/mol. The molecule has 0 heterocycles. The van der Waals surface area contributed by atoms with E-state index in [4.69, 9.17) is 39.9 Å². The molecule has 106 valence electrons. The van der Waals surface area contributed by atoms with Gasteiger partial charge in [0.1, 0.15) is 0 Å². The number of rotatable bonds is 1. The van der Waals surface area contributed by atoms with Crippen LogP contribution in [0.4, 0.5) is 0 Å². The summed E-state index contributed by atoms with van der Waals surface area (Å²) in [5.74, 6) is -0.211. The van der Waals surface area contributed by atoms with Crippen LogP contribution in [0, 0.1) is 0 Å². The van der Waals surface area contributed by atoms with E-state index in [9.17, 15) is 4.79 Å². The van der Waals surface area contributed by atoms with Crippen molar-refractivity contribution in [2.45, 2.75) is 18.1 Å². The summed E-state index contributed by atoms with van der Waals surface area (Å²) < 4.78 is 3.65. The van der Waals surface area contributed by atoms with Crippen LogP contribution in [-0.2, 0) is 9.53 Å². The van der Waals surface area contributed by atoms with Gasteiger partial charge < -0.3 is 9.84 Å². The number of benzene rings is 1. The average molecular weight is 318 g/mol. The smallest absolute Gasteiger partial charge is 0.302 e. The van der Waals surface area contributed by atoms with E-state index >= 15 is 0 Å². The molecule has 0 bridgehead atoms. The highest BCUT2D eigenvalue weighted by Crippen LogP contribution is 2.03. The summed E-state index contributed by atoms with van der Waals surface area (Å²) in [6.07, 6.45) is 0. The van der Waals surface area contributed by atoms with Crippen molar-refractivity contribution in [3.8, 4) is 0 Å². The van der Waals surface area contributed by atoms with Gasteiger partial charge in [-0.15, -0.1) is 0 Å². The number of carbonyl (C=O) groups excluding carboxylic acids is 1. The molecule has 1 rings (SSSR count). The summed E-state index contributed by atoms with van der Waals surface area (Å²) >= 11 is 14.4. The minimum atomic E-state index is -0.750. The van der Waals surface area contributed by atoms with Crippen LogP contribution in [0.3, 0.4) is 0 Å². The molecule has 0 radical (unpaired) electrons. The van der Waals surface area contributed by atoms with Crippen LogP contribution in [0.15, 0.2) is 36.4 Å². The summed E-state index contributed by atoms with van der Waals surface area (Å²) in [6.45, 7) is 3.65. The zero-order valence-electron chi connectivity index (χ0n) is 10.6. The van der Waals surface area contributed by atoms with Crippen molar-refractivity contribution in [1.29, 1.82) is 0 Å². The maximum Gasteiger partial charge on any atom is 0.302 e. The SMILES string of the molecule is CCOC(C)=O.CO.ClC(Cl)Cl.c1ccccc1. The lowest BCUT2D eigenvalue weighted by atomic mass is 10.4. The topological polar surface area (TPSA) is 46.5 Å². The number of aliphatic hydroxyl groups is 1. The molecule has 0 amide bonds. The first-order chi connectivity index (χ1) is 8.50. The van der Waals surface area contributed by atoms with Crippen molar-refractivity contribution in [2.24, 2.45) is 0 Å². The molecule has 1 aromatic rings. The van der Waals surface area contributed by atoms with E-state index in [0.29, 0.717) is 6.61 Å². The second-order valence-corrected chi connectivity index (χ2v) is 4.31. The fraction of sp³-hybridized carbons (Fsp3) is 0.417. The number of hydrogen-bond donors (Lipinski definition) is 1. The molecule has 1 aromatic carbocycles. The highest BCUT2D eigenvalue weighted by molar-refractivity contribution is 6.63. The summed E-state index contributed by atoms with van der Waals surface area (Å²) in [6, 6.07) is 12.0. The molecule has 0 aromatic heterocycles. The van der Waals surface area contributed by atoms with Gasteiger partial charge in [-0.3, -0.25) is 4.79 Å². The van der Waals surface area contributed by atoms with Gasteiger partial charge in [-0.05, 0) is 6.92 Å². The number of carbonyl (C=O) groups is 1. The Morgan fingerprint density at radius 3 is 1.33 bits per heavy atom. The van der Waals surface area contributed by atoms with Gasteiger partial charge in [0.05, 0.1) is 6.61 Å². The lowest BCUT2D eigenvalue weighted by Crippen LogP contribution is -1.95. The van der Waals surface area contributed by atoms with Gasteiger partial charge in [-0.2, -0.15) is 0 Å². The molecule has 18 heavy (non-hydrogen) atoms. The third-order valence-corrected chi connectivity index (χ3v) is 1.01. The first-order valence-corrected chi connectivity index (χ1v) is 6.32. The maximum absolute atomic E-state index is 9.82. The summed E-state index contributed by atoms with van der Waals surface area (Å²) in [5, 5.41) is 7.00. The Morgan fingerprint density at radius 1 is 1.06 bits per heavy atom. The van der Waals surface area contributed by atoms with Crippen LogP contribution in [-0.4, -0.2) is 29.1 Å². The molecular weight excluding hydrogens is 298 g/mol. The number of aliphatic hydroxyl groups excluding tert-OH is 1. The summed E-state index contributed by atoms with van der Waals surface area (Å²) in [7, 11) is 1.00. The van der Waals surface area contributed by atoms with Gasteiger partial charge in [0, 0.05) is 14.0 Å². The minimum absolute atomic E-state index is 0.211. The molecule has 0 aliphatic rings. The first-order valence-electron chi connectivity index (χ1n) is 5.01. The van der Waals surface area contributed by atoms with Crippen LogP contribution < -0.4 is 0 Å². The van der Waals surface area contributed by atoms with Crippen molar-refractivity contribution < 1.29 is 14.6 Å². The average Bonchev–Trinajstić information content (AvgIpc) is 2.34. The van der Waals surface area contributed by atoms with Crippen LogP contribution in [0.5, 0.6) is 0 Å². The zero-order chi connectivity index (χ0) is 14.8. The van der Waals surface area contributed by atoms with E-state index in [1.165, 1.54) is 6.92 Å². The monoisotopic (exact) mass is 316 g/mol. The van der Waals surface area contributed by atoms with Gasteiger partial charge in [0.25, 0.3) is 0 Å². The molecule has 0 spiro atoms. The Labute approximate surface area is 124 Å². The van der Waals surface area contributed by atoms with Crippen LogP contribution in [0.25, 0.3) is 0 Å². The zero-order valence-corrected chi connectivity index (χ0v) is 12.9. The van der Waals surface area contributed by atoms with Gasteiger partial charge in [-0.25, -0.2) is 0 Å². The molecule has 0 aliphatic heterocycles. The van der Waals surface area contributed by atoms with Gasteiger partial charge >= 0.3 is 5.97 Å². The Balaban J connectivity index is -0.000000179. The van der Waals surface area contributed by atoms with E-state index in [2.05, 4.69) is 4.74 Å². The number of esters is 1. The molecule has 0 saturated heterocycles. The molecular formula is C12H19Cl3O3. The van der Waals surface area contributed by atoms with E-state index in [1.54, 1.807) is 6.92 Å². The van der Waals surface area contributed by atoms with Gasteiger partial charge in [0.2, 0.25) is 0 Å². The summed E-state index contributed by atoms with van der Waals surface area (Å²) in [4.78, 5) is 9.82. The summed E-state index contributed by atoms with van der Waals surface area (Å²) in [5.41, 5.74) is 0. The maximum atomic E-state index is 9.82. The minimum Gasteiger partial charge on any atom is -0.466 e. The van der Waals surface area contributed by atoms with Crippen molar-refractivity contribution in [3.05, 3.63) is 36.4 Å². The predicted octanol–water partition coefficient (Wildman–Crippen LogP) is 3.85. The van der Waals surface area contributed by atoms with Gasteiger partial charge in [-0.1, -0.05) is 71.2 Å². The lowest BCUT2D eigenvalue weighted by Gasteiger charge is -1.89. The fourth-order valence-electron chi connectivity index (χ4n) is 0.588. The molecule has 1 N–H and O–H groups in total. The van der Waals surface area contributed by atoms with Crippen molar-refractivity contribution in [1.82, 2.24) is 0 Å².